The molecule has 5 rings (SSSR count). The van der Waals surface area contributed by atoms with Gasteiger partial charge in [0.25, 0.3) is 10.0 Å². The van der Waals surface area contributed by atoms with Crippen molar-refractivity contribution < 1.29 is 22.8 Å². The van der Waals surface area contributed by atoms with Gasteiger partial charge in [-0.1, -0.05) is 12.1 Å². The minimum atomic E-state index is -3.56. The lowest BCUT2D eigenvalue weighted by Gasteiger charge is -2.33. The van der Waals surface area contributed by atoms with Crippen molar-refractivity contribution in [3.8, 4) is 11.5 Å². The molecule has 2 aromatic rings. The normalized spacial score (nSPS) is 20.4. The molecule has 0 bridgehead atoms. The first-order chi connectivity index (χ1) is 13.1. The number of hydrogen-bond donors (Lipinski definition) is 1. The lowest BCUT2D eigenvalue weighted by Crippen LogP contribution is -3.13. The van der Waals surface area contributed by atoms with E-state index in [-0.39, 0.29) is 6.79 Å². The Balaban J connectivity index is 1.27. The maximum absolute atomic E-state index is 12.3. The second kappa shape index (κ2) is 6.24. The van der Waals surface area contributed by atoms with E-state index in [1.165, 1.54) is 10.5 Å². The first-order valence-corrected chi connectivity index (χ1v) is 10.5. The lowest BCUT2D eigenvalue weighted by atomic mass is 10.1. The Hall–Kier alpha value is -2.58. The number of nitrogens with zero attached hydrogens (tertiary/aromatic N) is 2. The van der Waals surface area contributed by atoms with Crippen LogP contribution in [0.3, 0.4) is 0 Å². The van der Waals surface area contributed by atoms with Crippen LogP contribution in [0.1, 0.15) is 11.1 Å². The van der Waals surface area contributed by atoms with Gasteiger partial charge in [-0.3, -0.25) is 0 Å². The number of sulfonamides is 1. The molecule has 3 aliphatic heterocycles. The molecule has 1 saturated heterocycles. The van der Waals surface area contributed by atoms with Gasteiger partial charge in [-0.2, -0.15) is 8.42 Å². The SMILES string of the molecule is O=S1(=O)N=C(N2CC[NH+](Cc3ccc4c(c3)OCO4)CC2)c2ccccc21. The molecule has 27 heavy (non-hydrogen) atoms. The summed E-state index contributed by atoms with van der Waals surface area (Å²) in [5.41, 5.74) is 1.94. The Labute approximate surface area is 157 Å². The molecule has 0 saturated carbocycles. The number of fused-ring (bicyclic) bond motifs is 2. The predicted octanol–water partition coefficient (Wildman–Crippen LogP) is 0.265. The Morgan fingerprint density at radius 2 is 1.81 bits per heavy atom. The molecule has 0 aromatic heterocycles. The van der Waals surface area contributed by atoms with Crippen LogP contribution in [0, 0.1) is 0 Å². The zero-order chi connectivity index (χ0) is 18.4. The van der Waals surface area contributed by atoms with Crippen molar-refractivity contribution in [1.29, 1.82) is 0 Å². The fraction of sp³-hybridized carbons (Fsp3) is 0.316. The topological polar surface area (TPSA) is 72.6 Å². The van der Waals surface area contributed by atoms with Gasteiger partial charge < -0.3 is 19.3 Å². The number of piperazine rings is 1. The molecule has 3 aliphatic rings. The van der Waals surface area contributed by atoms with Crippen LogP contribution in [0.5, 0.6) is 11.5 Å². The van der Waals surface area contributed by atoms with E-state index in [0.29, 0.717) is 10.7 Å². The van der Waals surface area contributed by atoms with Gasteiger partial charge in [0.1, 0.15) is 11.4 Å². The maximum Gasteiger partial charge on any atom is 0.285 e. The van der Waals surface area contributed by atoms with Gasteiger partial charge in [0, 0.05) is 11.1 Å². The molecule has 140 valence electrons. The second-order valence-corrected chi connectivity index (χ2v) is 8.56. The van der Waals surface area contributed by atoms with Gasteiger partial charge in [0.05, 0.1) is 26.2 Å². The van der Waals surface area contributed by atoms with Gasteiger partial charge in [-0.15, -0.1) is 4.40 Å². The fourth-order valence-electron chi connectivity index (χ4n) is 3.87. The van der Waals surface area contributed by atoms with Crippen molar-refractivity contribution in [2.45, 2.75) is 11.4 Å². The summed E-state index contributed by atoms with van der Waals surface area (Å²) in [6, 6.07) is 13.1. The third-order valence-corrected chi connectivity index (χ3v) is 6.60. The highest BCUT2D eigenvalue weighted by molar-refractivity contribution is 7.90. The second-order valence-electron chi connectivity index (χ2n) is 6.99. The van der Waals surface area contributed by atoms with E-state index in [0.717, 1.165) is 49.8 Å². The van der Waals surface area contributed by atoms with Gasteiger partial charge in [-0.25, -0.2) is 0 Å². The monoisotopic (exact) mass is 386 g/mol. The molecule has 1 fully saturated rings. The van der Waals surface area contributed by atoms with E-state index in [1.54, 1.807) is 12.1 Å². The summed E-state index contributed by atoms with van der Waals surface area (Å²) in [6.45, 7) is 4.61. The first-order valence-electron chi connectivity index (χ1n) is 9.01. The van der Waals surface area contributed by atoms with Crippen molar-refractivity contribution in [1.82, 2.24) is 4.90 Å². The van der Waals surface area contributed by atoms with E-state index in [4.69, 9.17) is 9.47 Å². The Kier molecular flexibility index (Phi) is 3.84. The highest BCUT2D eigenvalue weighted by Crippen LogP contribution is 2.32. The van der Waals surface area contributed by atoms with Crippen LogP contribution in [0.2, 0.25) is 0 Å². The Morgan fingerprint density at radius 1 is 1.04 bits per heavy atom. The van der Waals surface area contributed by atoms with Gasteiger partial charge >= 0.3 is 0 Å². The molecular formula is C19H20N3O4S+. The van der Waals surface area contributed by atoms with Gasteiger partial charge in [0.2, 0.25) is 6.79 Å². The third-order valence-electron chi connectivity index (χ3n) is 5.27. The molecule has 0 aliphatic carbocycles. The van der Waals surface area contributed by atoms with E-state index in [2.05, 4.69) is 15.4 Å². The number of benzene rings is 2. The standard InChI is InChI=1S/C19H19N3O4S/c23-27(24)18-4-2-1-3-15(18)19(20-27)22-9-7-21(8-10-22)12-14-5-6-16-17(11-14)26-13-25-16/h1-6,11H,7-10,12-13H2/p+1. The zero-order valence-corrected chi connectivity index (χ0v) is 15.5. The number of rotatable bonds is 2. The van der Waals surface area contributed by atoms with Gasteiger partial charge in [0.15, 0.2) is 17.3 Å². The average molecular weight is 386 g/mol. The smallest absolute Gasteiger partial charge is 0.285 e. The quantitative estimate of drug-likeness (QED) is 0.802. The van der Waals surface area contributed by atoms with Crippen molar-refractivity contribution in [3.63, 3.8) is 0 Å². The summed E-state index contributed by atoms with van der Waals surface area (Å²) >= 11 is 0. The minimum absolute atomic E-state index is 0.289. The summed E-state index contributed by atoms with van der Waals surface area (Å²) in [4.78, 5) is 3.86. The molecular weight excluding hydrogens is 366 g/mol. The van der Waals surface area contributed by atoms with Crippen molar-refractivity contribution >= 4 is 15.9 Å². The Bertz CT molecular complexity index is 1030. The Morgan fingerprint density at radius 3 is 2.67 bits per heavy atom. The predicted molar refractivity (Wildman–Crippen MR) is 98.7 cm³/mol. The minimum Gasteiger partial charge on any atom is -0.454 e. The van der Waals surface area contributed by atoms with Crippen molar-refractivity contribution in [2.24, 2.45) is 4.40 Å². The van der Waals surface area contributed by atoms with E-state index in [9.17, 15) is 8.42 Å². The van der Waals surface area contributed by atoms with E-state index >= 15 is 0 Å². The summed E-state index contributed by atoms with van der Waals surface area (Å²) in [6.07, 6.45) is 0. The maximum atomic E-state index is 12.3. The third kappa shape index (κ3) is 2.94. The zero-order valence-electron chi connectivity index (χ0n) is 14.7. The average Bonchev–Trinajstić information content (AvgIpc) is 3.25. The number of hydrogen-bond acceptors (Lipinski definition) is 5. The van der Waals surface area contributed by atoms with Crippen molar-refractivity contribution in [3.05, 3.63) is 53.6 Å². The molecule has 8 heteroatoms. The van der Waals surface area contributed by atoms with Crippen LogP contribution >= 0.6 is 0 Å². The van der Waals surface area contributed by atoms with Crippen LogP contribution in [-0.4, -0.2) is 52.1 Å². The number of quaternary nitrogens is 1. The van der Waals surface area contributed by atoms with Crippen LogP contribution in [0.15, 0.2) is 51.8 Å². The lowest BCUT2D eigenvalue weighted by molar-refractivity contribution is -0.917. The molecule has 0 radical (unpaired) electrons. The number of ether oxygens (including phenoxy) is 2. The fourth-order valence-corrected chi connectivity index (χ4v) is 5.10. The summed E-state index contributed by atoms with van der Waals surface area (Å²) in [7, 11) is -3.56. The van der Waals surface area contributed by atoms with Gasteiger partial charge in [-0.05, 0) is 30.3 Å². The summed E-state index contributed by atoms with van der Waals surface area (Å²) < 4.78 is 39.4. The van der Waals surface area contributed by atoms with Crippen LogP contribution in [0.4, 0.5) is 0 Å². The molecule has 0 amide bonds. The van der Waals surface area contributed by atoms with Crippen LogP contribution in [-0.2, 0) is 16.6 Å². The molecule has 1 N–H and O–H groups in total. The van der Waals surface area contributed by atoms with Crippen molar-refractivity contribution in [2.75, 3.05) is 33.0 Å². The summed E-state index contributed by atoms with van der Waals surface area (Å²) in [5.74, 6) is 2.21. The number of nitrogens with one attached hydrogen (secondary N) is 1. The largest absolute Gasteiger partial charge is 0.454 e. The molecule has 3 heterocycles. The van der Waals surface area contributed by atoms with Crippen LogP contribution in [0.25, 0.3) is 0 Å². The highest BCUT2D eigenvalue weighted by atomic mass is 32.2. The van der Waals surface area contributed by atoms with E-state index in [1.807, 2.05) is 24.3 Å². The molecule has 0 spiro atoms. The first kappa shape index (κ1) is 16.6. The van der Waals surface area contributed by atoms with E-state index < -0.39 is 10.0 Å². The number of amidine groups is 1. The highest BCUT2D eigenvalue weighted by Gasteiger charge is 2.33. The molecule has 0 unspecified atom stereocenters. The molecule has 7 nitrogen and oxygen atoms in total. The molecule has 0 atom stereocenters. The van der Waals surface area contributed by atoms with Crippen LogP contribution < -0.4 is 14.4 Å². The molecule has 2 aromatic carbocycles. The summed E-state index contributed by atoms with van der Waals surface area (Å²) in [5, 5.41) is 0.